The molecule has 14 heavy (non-hydrogen) atoms. The molecule has 1 rings (SSSR count). The van der Waals surface area contributed by atoms with Crippen LogP contribution in [0.4, 0.5) is 4.39 Å². The van der Waals surface area contributed by atoms with Crippen molar-refractivity contribution in [3.63, 3.8) is 0 Å². The number of hydrogen-bond donors (Lipinski definition) is 0. The Morgan fingerprint density at radius 1 is 1.57 bits per heavy atom. The Kier molecular flexibility index (Phi) is 4.67. The first-order chi connectivity index (χ1) is 6.47. The lowest BCUT2D eigenvalue weighted by atomic mass is 10.2. The quantitative estimate of drug-likeness (QED) is 0.532. The number of hydrogen-bond acceptors (Lipinski definition) is 2. The van der Waals surface area contributed by atoms with Crippen molar-refractivity contribution in [3.05, 3.63) is 11.2 Å². The largest absolute Gasteiger partial charge is 0.381 e. The van der Waals surface area contributed by atoms with E-state index in [0.29, 0.717) is 12.5 Å². The normalized spacial score (nSPS) is 22.6. The molecule has 82 valence electrons. The van der Waals surface area contributed by atoms with Gasteiger partial charge in [0.2, 0.25) is 0 Å². The zero-order valence-corrected chi connectivity index (χ0v) is 11.0. The third-order valence-electron chi connectivity index (χ3n) is 2.13. The summed E-state index contributed by atoms with van der Waals surface area (Å²) in [5.74, 6) is 1.14. The Bertz CT molecular complexity index is 213. The van der Waals surface area contributed by atoms with Gasteiger partial charge in [-0.25, -0.2) is 0 Å². The molecule has 1 atom stereocenters. The van der Waals surface area contributed by atoms with Crippen LogP contribution in [0.1, 0.15) is 0 Å². The summed E-state index contributed by atoms with van der Waals surface area (Å²) in [6.07, 6.45) is 1.68. The van der Waals surface area contributed by atoms with Crippen LogP contribution in [-0.2, 0) is 4.74 Å². The van der Waals surface area contributed by atoms with Crippen molar-refractivity contribution in [2.45, 2.75) is 25.7 Å². The molecule has 0 aliphatic carbocycles. The summed E-state index contributed by atoms with van der Waals surface area (Å²) in [5.41, 5.74) is 0. The monoisotopic (exact) mass is 234 g/mol. The predicted octanol–water partition coefficient (Wildman–Crippen LogP) is 3.52. The highest BCUT2D eigenvalue weighted by Crippen LogP contribution is 2.29. The van der Waals surface area contributed by atoms with Crippen molar-refractivity contribution in [1.29, 1.82) is 0 Å². The van der Waals surface area contributed by atoms with Crippen molar-refractivity contribution in [2.24, 2.45) is 5.92 Å². The maximum absolute atomic E-state index is 12.6. The van der Waals surface area contributed by atoms with Crippen LogP contribution in [0.25, 0.3) is 0 Å². The first kappa shape index (κ1) is 12.3. The highest BCUT2D eigenvalue weighted by Gasteiger charge is 2.17. The first-order valence-electron chi connectivity index (χ1n) is 5.05. The van der Waals surface area contributed by atoms with Crippen molar-refractivity contribution >= 4 is 19.8 Å². The molecule has 0 aromatic heterocycles. The van der Waals surface area contributed by atoms with Gasteiger partial charge in [0, 0.05) is 26.4 Å². The molecule has 0 aromatic carbocycles. The van der Waals surface area contributed by atoms with E-state index < -0.39 is 8.07 Å². The molecule has 1 aliphatic heterocycles. The second-order valence-electron chi connectivity index (χ2n) is 4.93. The van der Waals surface area contributed by atoms with Crippen LogP contribution >= 0.6 is 11.8 Å². The predicted molar refractivity (Wildman–Crippen MR) is 64.1 cm³/mol. The van der Waals surface area contributed by atoms with Gasteiger partial charge in [-0.1, -0.05) is 31.4 Å². The van der Waals surface area contributed by atoms with Crippen molar-refractivity contribution in [1.82, 2.24) is 0 Å². The van der Waals surface area contributed by atoms with E-state index in [1.807, 2.05) is 0 Å². The number of halogens is 1. The zero-order chi connectivity index (χ0) is 10.6. The third-order valence-corrected chi connectivity index (χ3v) is 4.84. The van der Waals surface area contributed by atoms with E-state index >= 15 is 0 Å². The summed E-state index contributed by atoms with van der Waals surface area (Å²) in [5, 5.41) is -0.0382. The molecule has 0 saturated heterocycles. The van der Waals surface area contributed by atoms with Gasteiger partial charge in [-0.15, -0.1) is 0 Å². The fourth-order valence-electron chi connectivity index (χ4n) is 1.18. The SMILES string of the molecule is C[Si](C)(C)CCOCC1C=C(F)SC1. The molecule has 1 aliphatic rings. The minimum Gasteiger partial charge on any atom is -0.381 e. The lowest BCUT2D eigenvalue weighted by molar-refractivity contribution is 0.130. The second-order valence-corrected chi connectivity index (χ2v) is 11.6. The van der Waals surface area contributed by atoms with Crippen LogP contribution in [0.3, 0.4) is 0 Å². The molecule has 0 amide bonds. The van der Waals surface area contributed by atoms with Crippen LogP contribution in [0.2, 0.25) is 25.7 Å². The lowest BCUT2D eigenvalue weighted by Gasteiger charge is -2.16. The summed E-state index contributed by atoms with van der Waals surface area (Å²) >= 11 is 1.29. The average Bonchev–Trinajstić information content (AvgIpc) is 2.44. The summed E-state index contributed by atoms with van der Waals surface area (Å²) in [4.78, 5) is 0. The maximum atomic E-state index is 12.6. The summed E-state index contributed by atoms with van der Waals surface area (Å²) in [7, 11) is -0.967. The smallest absolute Gasteiger partial charge is 0.152 e. The number of rotatable bonds is 5. The van der Waals surface area contributed by atoms with E-state index in [-0.39, 0.29) is 5.16 Å². The van der Waals surface area contributed by atoms with E-state index in [4.69, 9.17) is 4.74 Å². The van der Waals surface area contributed by atoms with Crippen LogP contribution in [0, 0.1) is 5.92 Å². The van der Waals surface area contributed by atoms with E-state index in [2.05, 4.69) is 19.6 Å². The standard InChI is InChI=1S/C10H19FOSSi/c1-14(2,3)5-4-12-7-9-6-10(11)13-8-9/h6,9H,4-5,7-8H2,1-3H3. The molecular formula is C10H19FOSSi. The Morgan fingerprint density at radius 3 is 2.79 bits per heavy atom. The van der Waals surface area contributed by atoms with E-state index in [1.165, 1.54) is 17.8 Å². The van der Waals surface area contributed by atoms with Crippen LogP contribution in [-0.4, -0.2) is 27.0 Å². The fourth-order valence-corrected chi connectivity index (χ4v) is 2.79. The van der Waals surface area contributed by atoms with Gasteiger partial charge in [0.1, 0.15) is 0 Å². The zero-order valence-electron chi connectivity index (χ0n) is 9.18. The summed E-state index contributed by atoms with van der Waals surface area (Å²) < 4.78 is 18.2. The van der Waals surface area contributed by atoms with Crippen molar-refractivity contribution in [3.8, 4) is 0 Å². The summed E-state index contributed by atoms with van der Waals surface area (Å²) in [6, 6.07) is 1.19. The molecule has 0 spiro atoms. The number of thioether (sulfide) groups is 1. The summed E-state index contributed by atoms with van der Waals surface area (Å²) in [6.45, 7) is 8.53. The fraction of sp³-hybridized carbons (Fsp3) is 0.800. The van der Waals surface area contributed by atoms with Gasteiger partial charge in [0.05, 0.1) is 6.61 Å². The maximum Gasteiger partial charge on any atom is 0.152 e. The Morgan fingerprint density at radius 2 is 2.29 bits per heavy atom. The van der Waals surface area contributed by atoms with Gasteiger partial charge < -0.3 is 4.74 Å². The van der Waals surface area contributed by atoms with E-state index in [0.717, 1.165) is 12.4 Å². The molecule has 0 fully saturated rings. The van der Waals surface area contributed by atoms with Crippen LogP contribution in [0.5, 0.6) is 0 Å². The second kappa shape index (κ2) is 5.33. The Hall–Kier alpha value is 0.197. The minimum atomic E-state index is -0.967. The minimum absolute atomic E-state index is 0.0382. The third kappa shape index (κ3) is 5.17. The van der Waals surface area contributed by atoms with Gasteiger partial charge in [-0.2, -0.15) is 4.39 Å². The molecule has 0 bridgehead atoms. The average molecular weight is 234 g/mol. The van der Waals surface area contributed by atoms with Gasteiger partial charge >= 0.3 is 0 Å². The highest BCUT2D eigenvalue weighted by molar-refractivity contribution is 8.03. The van der Waals surface area contributed by atoms with Gasteiger partial charge in [-0.05, 0) is 12.1 Å². The number of ether oxygens (including phenoxy) is 1. The van der Waals surface area contributed by atoms with Crippen molar-refractivity contribution in [2.75, 3.05) is 19.0 Å². The molecular weight excluding hydrogens is 215 g/mol. The van der Waals surface area contributed by atoms with Gasteiger partial charge in [-0.3, -0.25) is 0 Å². The highest BCUT2D eigenvalue weighted by atomic mass is 32.2. The molecule has 0 aromatic rings. The van der Waals surface area contributed by atoms with Crippen LogP contribution in [0.15, 0.2) is 11.2 Å². The topological polar surface area (TPSA) is 9.23 Å². The molecule has 0 N–H and O–H groups in total. The molecule has 1 heterocycles. The lowest BCUT2D eigenvalue weighted by Crippen LogP contribution is -2.22. The van der Waals surface area contributed by atoms with E-state index in [9.17, 15) is 4.39 Å². The molecule has 1 nitrogen and oxygen atoms in total. The molecule has 1 unspecified atom stereocenters. The van der Waals surface area contributed by atoms with Gasteiger partial charge in [0.15, 0.2) is 5.16 Å². The van der Waals surface area contributed by atoms with Crippen molar-refractivity contribution < 1.29 is 9.13 Å². The first-order valence-corrected chi connectivity index (χ1v) is 9.74. The Labute approximate surface area is 91.1 Å². The molecule has 0 radical (unpaired) electrons. The molecule has 0 saturated carbocycles. The van der Waals surface area contributed by atoms with E-state index in [1.54, 1.807) is 6.08 Å². The van der Waals surface area contributed by atoms with Gasteiger partial charge in [0.25, 0.3) is 0 Å². The molecule has 4 heteroatoms. The van der Waals surface area contributed by atoms with Crippen LogP contribution < -0.4 is 0 Å². The Balaban J connectivity index is 2.05.